The number of allylic oxidation sites excluding steroid dienone is 1. The van der Waals surface area contributed by atoms with Crippen LogP contribution in [-0.4, -0.2) is 68.5 Å². The number of primary amides is 1. The van der Waals surface area contributed by atoms with Crippen molar-refractivity contribution in [3.8, 4) is 5.75 Å². The highest BCUT2D eigenvalue weighted by Gasteiger charge is 2.63. The van der Waals surface area contributed by atoms with E-state index < -0.39 is 58.0 Å². The first-order chi connectivity index (χ1) is 15.9. The second-order valence-electron chi connectivity index (χ2n) is 9.43. The van der Waals surface area contributed by atoms with Gasteiger partial charge in [-0.25, -0.2) is 0 Å². The summed E-state index contributed by atoms with van der Waals surface area (Å²) in [5, 5.41) is 44.5. The molecule has 0 saturated heterocycles. The van der Waals surface area contributed by atoms with Gasteiger partial charge in [0.1, 0.15) is 22.8 Å². The topological polar surface area (TPSA) is 161 Å². The molecule has 3 aliphatic carbocycles. The van der Waals surface area contributed by atoms with Crippen LogP contribution in [0.4, 0.5) is 0 Å². The van der Waals surface area contributed by atoms with Crippen molar-refractivity contribution < 1.29 is 34.8 Å². The zero-order valence-electron chi connectivity index (χ0n) is 19.1. The molecule has 4 atom stereocenters. The zero-order chi connectivity index (χ0) is 25.3. The van der Waals surface area contributed by atoms with Gasteiger partial charge in [-0.05, 0) is 79.1 Å². The molecule has 0 radical (unpaired) electrons. The summed E-state index contributed by atoms with van der Waals surface area (Å²) < 4.78 is 0.809. The molecular weight excluding hydrogens is 555 g/mol. The lowest BCUT2D eigenvalue weighted by molar-refractivity contribution is -0.148. The molecule has 0 bridgehead atoms. The summed E-state index contributed by atoms with van der Waals surface area (Å²) in [5.74, 6) is -6.29. The van der Waals surface area contributed by atoms with E-state index in [-0.39, 0.29) is 23.3 Å². The minimum Gasteiger partial charge on any atom is -0.510 e. The maximum Gasteiger partial charge on any atom is 0.255 e. The number of hydrogen-bond acceptors (Lipinski definition) is 8. The Hall–Kier alpha value is -2.44. The maximum absolute atomic E-state index is 13.6. The van der Waals surface area contributed by atoms with E-state index in [4.69, 9.17) is 5.73 Å². The van der Waals surface area contributed by atoms with Gasteiger partial charge in [0.05, 0.1) is 11.6 Å². The lowest BCUT2D eigenvalue weighted by Crippen LogP contribution is -2.63. The number of aliphatic hydroxyl groups excluding tert-OH is 2. The Morgan fingerprint density at radius 1 is 1.26 bits per heavy atom. The van der Waals surface area contributed by atoms with Gasteiger partial charge in [-0.15, -0.1) is 0 Å². The number of aliphatic hydroxyl groups is 3. The van der Waals surface area contributed by atoms with Crippen LogP contribution in [0.25, 0.3) is 0 Å². The molecule has 182 valence electrons. The minimum atomic E-state index is -2.62. The summed E-state index contributed by atoms with van der Waals surface area (Å²) in [6, 6.07) is 0.851. The molecule has 1 aromatic carbocycles. The standard InChI is InChI=1S/C24H27IN2O7/c1-4-5-9-8-13(25)11-6-10-7-12-17(27(2)3)20(30)16(23(26)33)22(32)24(12,34)21(31)14(10)19(29)15(11)18(9)28/h8,10,12,17,28,30-31,34H,4-7H2,1-3H3,(H2,26,33). The third kappa shape index (κ3) is 3.22. The van der Waals surface area contributed by atoms with Gasteiger partial charge in [0.2, 0.25) is 5.78 Å². The Morgan fingerprint density at radius 2 is 1.91 bits per heavy atom. The number of phenols is 1. The van der Waals surface area contributed by atoms with Crippen LogP contribution in [0.5, 0.6) is 5.75 Å². The number of likely N-dealkylation sites (N-methyl/N-ethyl adjacent to an activating group) is 1. The first kappa shape index (κ1) is 24.7. The SMILES string of the molecule is CCCc1cc(I)c2c(c1O)C(=O)C1=C(O)C3(O)C(=O)C(C(N)=O)=C(O)C(N(C)C)C3CC1C2. The molecule has 1 aromatic rings. The first-order valence-corrected chi connectivity index (χ1v) is 12.1. The number of fused-ring (bicyclic) bond motifs is 3. The molecule has 0 saturated carbocycles. The number of phenolic OH excluding ortho intramolecular Hbond substituents is 1. The Balaban J connectivity index is 1.96. The number of benzene rings is 1. The number of hydrogen-bond donors (Lipinski definition) is 5. The molecule has 0 aliphatic heterocycles. The van der Waals surface area contributed by atoms with Crippen molar-refractivity contribution in [3.63, 3.8) is 0 Å². The van der Waals surface area contributed by atoms with E-state index in [0.717, 1.165) is 9.99 Å². The van der Waals surface area contributed by atoms with E-state index in [1.807, 2.05) is 13.0 Å². The molecule has 0 heterocycles. The highest BCUT2D eigenvalue weighted by molar-refractivity contribution is 14.1. The highest BCUT2D eigenvalue weighted by atomic mass is 127. The van der Waals surface area contributed by atoms with Crippen molar-refractivity contribution in [1.82, 2.24) is 4.90 Å². The summed E-state index contributed by atoms with van der Waals surface area (Å²) >= 11 is 2.12. The van der Waals surface area contributed by atoms with E-state index in [9.17, 15) is 34.8 Å². The average molecular weight is 582 g/mol. The number of nitrogens with zero attached hydrogens (tertiary/aromatic N) is 1. The number of carbonyl (C=O) groups is 3. The maximum atomic E-state index is 13.6. The van der Waals surface area contributed by atoms with E-state index in [1.54, 1.807) is 14.1 Å². The van der Waals surface area contributed by atoms with Gasteiger partial charge in [-0.2, -0.15) is 0 Å². The van der Waals surface area contributed by atoms with Gasteiger partial charge in [0.25, 0.3) is 5.91 Å². The van der Waals surface area contributed by atoms with Crippen LogP contribution in [0.15, 0.2) is 28.7 Å². The first-order valence-electron chi connectivity index (χ1n) is 11.1. The van der Waals surface area contributed by atoms with Crippen molar-refractivity contribution in [2.24, 2.45) is 17.6 Å². The number of aromatic hydroxyl groups is 1. The van der Waals surface area contributed by atoms with Crippen LogP contribution in [0, 0.1) is 15.4 Å². The molecule has 4 rings (SSSR count). The van der Waals surface area contributed by atoms with E-state index >= 15 is 0 Å². The van der Waals surface area contributed by atoms with Crippen LogP contribution in [0.1, 0.15) is 41.3 Å². The molecule has 1 amide bonds. The third-order valence-electron chi connectivity index (χ3n) is 7.27. The van der Waals surface area contributed by atoms with Crippen LogP contribution in [0.2, 0.25) is 0 Å². The van der Waals surface area contributed by atoms with Gasteiger partial charge in [-0.1, -0.05) is 13.3 Å². The van der Waals surface area contributed by atoms with Gasteiger partial charge >= 0.3 is 0 Å². The van der Waals surface area contributed by atoms with Crippen LogP contribution in [0.3, 0.4) is 0 Å². The van der Waals surface area contributed by atoms with Crippen LogP contribution < -0.4 is 5.73 Å². The largest absolute Gasteiger partial charge is 0.510 e. The number of halogens is 1. The van der Waals surface area contributed by atoms with Gasteiger partial charge in [0, 0.05) is 15.1 Å². The van der Waals surface area contributed by atoms with Crippen LogP contribution >= 0.6 is 22.6 Å². The number of amides is 1. The highest BCUT2D eigenvalue weighted by Crippen LogP contribution is 2.52. The lowest BCUT2D eigenvalue weighted by Gasteiger charge is -2.50. The normalized spacial score (nSPS) is 28.7. The fourth-order valence-corrected chi connectivity index (χ4v) is 6.65. The third-order valence-corrected chi connectivity index (χ3v) is 8.23. The predicted molar refractivity (Wildman–Crippen MR) is 130 cm³/mol. The number of nitrogens with two attached hydrogens (primary N) is 1. The second-order valence-corrected chi connectivity index (χ2v) is 10.6. The quantitative estimate of drug-likeness (QED) is 0.265. The van der Waals surface area contributed by atoms with Crippen molar-refractivity contribution in [2.75, 3.05) is 14.1 Å². The summed E-state index contributed by atoms with van der Waals surface area (Å²) in [4.78, 5) is 40.4. The summed E-state index contributed by atoms with van der Waals surface area (Å²) in [6.07, 6.45) is 1.69. The van der Waals surface area contributed by atoms with Crippen molar-refractivity contribution in [3.05, 3.63) is 49.0 Å². The van der Waals surface area contributed by atoms with E-state index in [0.29, 0.717) is 24.0 Å². The average Bonchev–Trinajstić information content (AvgIpc) is 2.74. The summed E-state index contributed by atoms with van der Waals surface area (Å²) in [7, 11) is 3.20. The molecule has 0 aromatic heterocycles. The van der Waals surface area contributed by atoms with Crippen molar-refractivity contribution in [1.29, 1.82) is 0 Å². The van der Waals surface area contributed by atoms with Gasteiger partial charge in [-0.3, -0.25) is 19.3 Å². The smallest absolute Gasteiger partial charge is 0.255 e. The van der Waals surface area contributed by atoms with E-state index in [2.05, 4.69) is 22.6 Å². The number of Topliss-reactive ketones (excluding diaryl/α,β-unsaturated/α-hetero) is 2. The van der Waals surface area contributed by atoms with E-state index in [1.165, 1.54) is 4.90 Å². The second kappa shape index (κ2) is 8.35. The number of aryl methyl sites for hydroxylation is 1. The Morgan fingerprint density at radius 3 is 2.47 bits per heavy atom. The molecule has 4 unspecified atom stereocenters. The molecule has 0 spiro atoms. The minimum absolute atomic E-state index is 0.0659. The Labute approximate surface area is 210 Å². The molecule has 0 fully saturated rings. The van der Waals surface area contributed by atoms with Crippen molar-refractivity contribution >= 4 is 40.1 Å². The Bertz CT molecular complexity index is 1200. The van der Waals surface area contributed by atoms with Crippen LogP contribution in [-0.2, 0) is 22.4 Å². The molecule has 34 heavy (non-hydrogen) atoms. The number of ketones is 2. The molecule has 9 nitrogen and oxygen atoms in total. The molecular formula is C24H27IN2O7. The van der Waals surface area contributed by atoms with Gasteiger partial charge in [0.15, 0.2) is 11.4 Å². The summed E-state index contributed by atoms with van der Waals surface area (Å²) in [5.41, 5.74) is 3.09. The fraction of sp³-hybridized carbons (Fsp3) is 0.458. The Kier molecular flexibility index (Phi) is 6.06. The molecule has 3 aliphatic rings. The zero-order valence-corrected chi connectivity index (χ0v) is 21.2. The summed E-state index contributed by atoms with van der Waals surface area (Å²) in [6.45, 7) is 1.95. The predicted octanol–water partition coefficient (Wildman–Crippen LogP) is 1.68. The number of carbonyl (C=O) groups excluding carboxylic acids is 3. The lowest BCUT2D eigenvalue weighted by atomic mass is 9.58. The van der Waals surface area contributed by atoms with Crippen molar-refractivity contribution in [2.45, 2.75) is 44.2 Å². The molecule has 10 heteroatoms. The fourth-order valence-electron chi connectivity index (χ4n) is 5.79. The molecule has 6 N–H and O–H groups in total. The van der Waals surface area contributed by atoms with Gasteiger partial charge < -0.3 is 26.2 Å². The number of rotatable bonds is 4. The monoisotopic (exact) mass is 582 g/mol.